The zero-order valence-corrected chi connectivity index (χ0v) is 17.3. The van der Waals surface area contributed by atoms with Crippen LogP contribution in [-0.4, -0.2) is 33.0 Å². The molecule has 0 heterocycles. The molecule has 1 atom stereocenters. The Labute approximate surface area is 175 Å². The Balaban J connectivity index is 2.25. The van der Waals surface area contributed by atoms with Crippen LogP contribution in [0, 0.1) is 0 Å². The van der Waals surface area contributed by atoms with Gasteiger partial charge in [0.2, 0.25) is 15.9 Å². The van der Waals surface area contributed by atoms with E-state index in [2.05, 4.69) is 10.1 Å². The van der Waals surface area contributed by atoms with Gasteiger partial charge in [0.15, 0.2) is 0 Å². The molecule has 0 bridgehead atoms. The molecule has 0 radical (unpaired) electrons. The predicted molar refractivity (Wildman–Crippen MR) is 105 cm³/mol. The first kappa shape index (κ1) is 23.1. The van der Waals surface area contributed by atoms with Crippen molar-refractivity contribution < 1.29 is 31.1 Å². The number of rotatable bonds is 6. The number of nitrogens with one attached hydrogen (secondary N) is 1. The highest BCUT2D eigenvalue weighted by Crippen LogP contribution is 2.32. The lowest BCUT2D eigenvalue weighted by Gasteiger charge is -2.29. The minimum Gasteiger partial charge on any atom is -0.406 e. The fourth-order valence-corrected chi connectivity index (χ4v) is 4.03. The first-order valence-corrected chi connectivity index (χ1v) is 10.5. The summed E-state index contributed by atoms with van der Waals surface area (Å²) in [6, 6.07) is 7.30. The lowest BCUT2D eigenvalue weighted by atomic mass is 10.2. The molecule has 2 aromatic rings. The van der Waals surface area contributed by atoms with Gasteiger partial charge in [-0.2, -0.15) is 0 Å². The standard InChI is InChI=1S/C17H15Cl2F3N2O4S/c1-10(24(29(2,26)27)15-9-11(18)3-8-14(15)19)16(25)23-12-4-6-13(7-5-12)28-17(20,21)22/h3-10H,1-2H3,(H,23,25). The van der Waals surface area contributed by atoms with Crippen molar-refractivity contribution in [2.75, 3.05) is 15.9 Å². The van der Waals surface area contributed by atoms with E-state index in [9.17, 15) is 26.4 Å². The Morgan fingerprint density at radius 3 is 2.24 bits per heavy atom. The lowest BCUT2D eigenvalue weighted by molar-refractivity contribution is -0.274. The summed E-state index contributed by atoms with van der Waals surface area (Å²) in [6.45, 7) is 1.33. The zero-order valence-electron chi connectivity index (χ0n) is 15.0. The van der Waals surface area contributed by atoms with Crippen molar-refractivity contribution in [1.82, 2.24) is 0 Å². The number of hydrogen-bond acceptors (Lipinski definition) is 4. The second-order valence-corrected chi connectivity index (χ2v) is 8.60. The molecule has 0 saturated heterocycles. The molecule has 2 rings (SSSR count). The second-order valence-electron chi connectivity index (χ2n) is 5.89. The third kappa shape index (κ3) is 6.41. The third-order valence-corrected chi connectivity index (χ3v) is 5.37. The Kier molecular flexibility index (Phi) is 6.92. The van der Waals surface area contributed by atoms with Gasteiger partial charge < -0.3 is 10.1 Å². The van der Waals surface area contributed by atoms with Crippen molar-refractivity contribution in [3.8, 4) is 5.75 Å². The van der Waals surface area contributed by atoms with E-state index in [1.54, 1.807) is 0 Å². The summed E-state index contributed by atoms with van der Waals surface area (Å²) >= 11 is 12.0. The van der Waals surface area contributed by atoms with Gasteiger partial charge in [0.25, 0.3) is 0 Å². The molecule has 0 aliphatic rings. The Hall–Kier alpha value is -2.17. The average molecular weight is 471 g/mol. The van der Waals surface area contributed by atoms with Crippen LogP contribution in [0.3, 0.4) is 0 Å². The van der Waals surface area contributed by atoms with Crippen molar-refractivity contribution in [3.05, 3.63) is 52.5 Å². The highest BCUT2D eigenvalue weighted by atomic mass is 35.5. The SMILES string of the molecule is CC(C(=O)Nc1ccc(OC(F)(F)F)cc1)N(c1cc(Cl)ccc1Cl)S(C)(=O)=O. The number of carbonyl (C=O) groups excluding carboxylic acids is 1. The molecule has 6 nitrogen and oxygen atoms in total. The van der Waals surface area contributed by atoms with Gasteiger partial charge in [-0.1, -0.05) is 23.2 Å². The molecule has 0 spiro atoms. The van der Waals surface area contributed by atoms with Crippen LogP contribution in [0.2, 0.25) is 10.0 Å². The first-order chi connectivity index (χ1) is 13.3. The predicted octanol–water partition coefficient (Wildman–Crippen LogP) is 4.69. The molecule has 0 aliphatic heterocycles. The molecule has 1 amide bonds. The molecule has 29 heavy (non-hydrogen) atoms. The molecule has 0 fully saturated rings. The summed E-state index contributed by atoms with van der Waals surface area (Å²) in [7, 11) is -3.94. The number of anilines is 2. The van der Waals surface area contributed by atoms with Gasteiger partial charge in [0.05, 0.1) is 17.0 Å². The summed E-state index contributed by atoms with van der Waals surface area (Å²) in [6.07, 6.45) is -3.94. The van der Waals surface area contributed by atoms with Crippen LogP contribution in [-0.2, 0) is 14.8 Å². The Bertz CT molecular complexity index is 999. The van der Waals surface area contributed by atoms with Crippen LogP contribution in [0.25, 0.3) is 0 Å². The zero-order chi connectivity index (χ0) is 22.0. The van der Waals surface area contributed by atoms with Gasteiger partial charge in [0.1, 0.15) is 11.8 Å². The Morgan fingerprint density at radius 1 is 1.14 bits per heavy atom. The molecule has 0 aliphatic carbocycles. The van der Waals surface area contributed by atoms with E-state index in [1.165, 1.54) is 37.3 Å². The largest absolute Gasteiger partial charge is 0.573 e. The number of carbonyl (C=O) groups is 1. The van der Waals surface area contributed by atoms with Crippen molar-refractivity contribution in [1.29, 1.82) is 0 Å². The fraction of sp³-hybridized carbons (Fsp3) is 0.235. The van der Waals surface area contributed by atoms with E-state index in [1.807, 2.05) is 0 Å². The van der Waals surface area contributed by atoms with Crippen LogP contribution < -0.4 is 14.4 Å². The fourth-order valence-electron chi connectivity index (χ4n) is 2.42. The van der Waals surface area contributed by atoms with E-state index in [0.717, 1.165) is 22.7 Å². The molecule has 1 unspecified atom stereocenters. The minimum atomic E-state index is -4.84. The number of nitrogens with zero attached hydrogens (tertiary/aromatic N) is 1. The maximum absolute atomic E-state index is 12.6. The lowest BCUT2D eigenvalue weighted by Crippen LogP contribution is -2.45. The third-order valence-electron chi connectivity index (χ3n) is 3.59. The number of alkyl halides is 3. The van der Waals surface area contributed by atoms with E-state index < -0.39 is 34.1 Å². The highest BCUT2D eigenvalue weighted by molar-refractivity contribution is 7.92. The molecule has 2 aromatic carbocycles. The van der Waals surface area contributed by atoms with Crippen LogP contribution in [0.4, 0.5) is 24.5 Å². The van der Waals surface area contributed by atoms with Crippen molar-refractivity contribution in [3.63, 3.8) is 0 Å². The van der Waals surface area contributed by atoms with Crippen LogP contribution >= 0.6 is 23.2 Å². The van der Waals surface area contributed by atoms with Gasteiger partial charge in [-0.05, 0) is 49.4 Å². The van der Waals surface area contributed by atoms with Crippen molar-refractivity contribution in [2.24, 2.45) is 0 Å². The van der Waals surface area contributed by atoms with Crippen LogP contribution in [0.1, 0.15) is 6.92 Å². The number of hydrogen-bond donors (Lipinski definition) is 1. The molecular formula is C17H15Cl2F3N2O4S. The first-order valence-electron chi connectivity index (χ1n) is 7.89. The number of ether oxygens (including phenoxy) is 1. The normalized spacial score (nSPS) is 12.9. The maximum Gasteiger partial charge on any atom is 0.573 e. The van der Waals surface area contributed by atoms with Gasteiger partial charge in [-0.25, -0.2) is 8.42 Å². The van der Waals surface area contributed by atoms with Gasteiger partial charge in [-0.15, -0.1) is 13.2 Å². The molecule has 1 N–H and O–H groups in total. The monoisotopic (exact) mass is 470 g/mol. The Morgan fingerprint density at radius 2 is 1.72 bits per heavy atom. The van der Waals surface area contributed by atoms with Crippen LogP contribution in [0.5, 0.6) is 5.75 Å². The summed E-state index contributed by atoms with van der Waals surface area (Å²) in [5, 5.41) is 2.71. The van der Waals surface area contributed by atoms with E-state index in [4.69, 9.17) is 23.2 Å². The highest BCUT2D eigenvalue weighted by Gasteiger charge is 2.32. The quantitative estimate of drug-likeness (QED) is 0.664. The van der Waals surface area contributed by atoms with E-state index in [-0.39, 0.29) is 21.4 Å². The summed E-state index contributed by atoms with van der Waals surface area (Å²) in [5.41, 5.74) is 0.153. The van der Waals surface area contributed by atoms with E-state index in [0.29, 0.717) is 0 Å². The van der Waals surface area contributed by atoms with Gasteiger partial charge in [-0.3, -0.25) is 9.10 Å². The smallest absolute Gasteiger partial charge is 0.406 e. The summed E-state index contributed by atoms with van der Waals surface area (Å²) < 4.78 is 65.8. The number of amides is 1. The number of sulfonamides is 1. The number of halogens is 5. The summed E-state index contributed by atoms with van der Waals surface area (Å²) in [4.78, 5) is 12.6. The molecule has 12 heteroatoms. The number of benzene rings is 2. The molecular weight excluding hydrogens is 456 g/mol. The molecule has 0 saturated carbocycles. The van der Waals surface area contributed by atoms with E-state index >= 15 is 0 Å². The van der Waals surface area contributed by atoms with Crippen molar-refractivity contribution in [2.45, 2.75) is 19.3 Å². The maximum atomic E-state index is 12.6. The molecule has 0 aromatic heterocycles. The second kappa shape index (κ2) is 8.68. The topological polar surface area (TPSA) is 75.7 Å². The van der Waals surface area contributed by atoms with Gasteiger partial charge >= 0.3 is 6.36 Å². The van der Waals surface area contributed by atoms with Gasteiger partial charge in [0, 0.05) is 10.7 Å². The summed E-state index contributed by atoms with van der Waals surface area (Å²) in [5.74, 6) is -1.21. The minimum absolute atomic E-state index is 0.0123. The molecule has 158 valence electrons. The van der Waals surface area contributed by atoms with Crippen molar-refractivity contribution >= 4 is 50.5 Å². The average Bonchev–Trinajstić information content (AvgIpc) is 2.57. The van der Waals surface area contributed by atoms with Crippen LogP contribution in [0.15, 0.2) is 42.5 Å².